The molecule has 0 amide bonds. The van der Waals surface area contributed by atoms with Crippen LogP contribution in [0.2, 0.25) is 0 Å². The minimum absolute atomic E-state index is 0.0717. The molecule has 5 atom stereocenters. The van der Waals surface area contributed by atoms with E-state index in [1.807, 2.05) is 6.08 Å². The van der Waals surface area contributed by atoms with Crippen molar-refractivity contribution >= 4 is 5.69 Å². The molecular weight excluding hydrogens is 417 g/mol. The minimum Gasteiger partial charge on any atom is -0.395 e. The van der Waals surface area contributed by atoms with E-state index in [0.717, 1.165) is 31.0 Å². The highest BCUT2D eigenvalue weighted by atomic mass is 19.4. The van der Waals surface area contributed by atoms with E-state index in [-0.39, 0.29) is 42.7 Å². The Bertz CT molecular complexity index is 852. The lowest BCUT2D eigenvalue weighted by atomic mass is 9.73. The third-order valence-corrected chi connectivity index (χ3v) is 7.05. The first kappa shape index (κ1) is 23.3. The molecule has 2 aliphatic heterocycles. The molecule has 3 aliphatic rings. The zero-order chi connectivity index (χ0) is 22.9. The van der Waals surface area contributed by atoms with Crippen LogP contribution in [-0.4, -0.2) is 47.9 Å². The van der Waals surface area contributed by atoms with Gasteiger partial charge in [-0.2, -0.15) is 13.2 Å². The van der Waals surface area contributed by atoms with Gasteiger partial charge in [0.2, 0.25) is 0 Å². The molecule has 1 aromatic carbocycles. The summed E-state index contributed by atoms with van der Waals surface area (Å²) in [5, 5.41) is 13.0. The molecule has 4 nitrogen and oxygen atoms in total. The molecule has 7 heteroatoms. The van der Waals surface area contributed by atoms with Crippen molar-refractivity contribution in [3.05, 3.63) is 53.6 Å². The zero-order valence-electron chi connectivity index (χ0n) is 18.7. The van der Waals surface area contributed by atoms with Gasteiger partial charge in [0.1, 0.15) is 0 Å². The molecule has 0 spiro atoms. The first-order chi connectivity index (χ1) is 15.3. The van der Waals surface area contributed by atoms with Gasteiger partial charge in [0.25, 0.3) is 0 Å². The van der Waals surface area contributed by atoms with Crippen LogP contribution in [0.4, 0.5) is 18.9 Å². The minimum atomic E-state index is -4.39. The number of nitrogens with one attached hydrogen (secondary N) is 1. The number of hydrogen-bond acceptors (Lipinski definition) is 4. The summed E-state index contributed by atoms with van der Waals surface area (Å²) in [5.74, 6) is 0.387. The predicted molar refractivity (Wildman–Crippen MR) is 119 cm³/mol. The lowest BCUT2D eigenvalue weighted by Crippen LogP contribution is -2.49. The van der Waals surface area contributed by atoms with E-state index in [0.29, 0.717) is 18.7 Å². The van der Waals surface area contributed by atoms with Gasteiger partial charge in [0.15, 0.2) is 0 Å². The molecule has 2 N–H and O–H groups in total. The number of benzene rings is 1. The van der Waals surface area contributed by atoms with Gasteiger partial charge in [0, 0.05) is 48.3 Å². The predicted octanol–water partition coefficient (Wildman–Crippen LogP) is 5.17. The second-order valence-corrected chi connectivity index (χ2v) is 9.41. The third-order valence-electron chi connectivity index (χ3n) is 7.05. The molecule has 4 rings (SSSR count). The van der Waals surface area contributed by atoms with Gasteiger partial charge in [-0.15, -0.1) is 0 Å². The fourth-order valence-electron chi connectivity index (χ4n) is 5.35. The summed E-state index contributed by atoms with van der Waals surface area (Å²) < 4.78 is 47.0. The number of ether oxygens (including phenoxy) is 1. The third kappa shape index (κ3) is 4.90. The van der Waals surface area contributed by atoms with Gasteiger partial charge in [-0.05, 0) is 51.3 Å². The second kappa shape index (κ2) is 9.57. The molecule has 0 aromatic heterocycles. The Morgan fingerprint density at radius 3 is 2.69 bits per heavy atom. The SMILES string of the molecule is CC(C)N(CCO)C[C@H]1CC[C@@H]2[C@H](O1)c1cc(C(F)(F)F)ccc1N[C@H]2C1C=CC=CC1. The largest absolute Gasteiger partial charge is 0.416 e. The van der Waals surface area contributed by atoms with Crippen LogP contribution in [0.5, 0.6) is 0 Å². The van der Waals surface area contributed by atoms with E-state index < -0.39 is 11.7 Å². The van der Waals surface area contributed by atoms with E-state index in [1.54, 1.807) is 6.07 Å². The number of nitrogens with zero attached hydrogens (tertiary/aromatic N) is 1. The monoisotopic (exact) mass is 450 g/mol. The fraction of sp³-hybridized carbons (Fsp3) is 0.600. The Labute approximate surface area is 188 Å². The molecule has 1 fully saturated rings. The van der Waals surface area contributed by atoms with Crippen LogP contribution in [-0.2, 0) is 10.9 Å². The van der Waals surface area contributed by atoms with Gasteiger partial charge in [0.05, 0.1) is 24.4 Å². The van der Waals surface area contributed by atoms with Gasteiger partial charge < -0.3 is 15.2 Å². The lowest BCUT2D eigenvalue weighted by Gasteiger charge is -2.48. The molecule has 32 heavy (non-hydrogen) atoms. The highest BCUT2D eigenvalue weighted by molar-refractivity contribution is 5.58. The molecular formula is C25H33F3N2O2. The van der Waals surface area contributed by atoms with E-state index in [4.69, 9.17) is 4.74 Å². The molecule has 1 aromatic rings. The molecule has 0 bridgehead atoms. The van der Waals surface area contributed by atoms with Crippen LogP contribution in [0.25, 0.3) is 0 Å². The number of allylic oxidation sites excluding steroid dienone is 3. The zero-order valence-corrected chi connectivity index (χ0v) is 18.7. The Kier molecular flexibility index (Phi) is 6.98. The first-order valence-electron chi connectivity index (χ1n) is 11.6. The van der Waals surface area contributed by atoms with Crippen molar-refractivity contribution in [2.24, 2.45) is 11.8 Å². The fourth-order valence-corrected chi connectivity index (χ4v) is 5.35. The molecule has 1 aliphatic carbocycles. The number of fused-ring (bicyclic) bond motifs is 3. The van der Waals surface area contributed by atoms with Crippen LogP contribution in [0.3, 0.4) is 0 Å². The number of halogens is 3. The molecule has 176 valence electrons. The number of alkyl halides is 3. The average molecular weight is 451 g/mol. The summed E-state index contributed by atoms with van der Waals surface area (Å²) >= 11 is 0. The standard InChI is InChI=1S/C25H33F3N2O2/c1-16(2)30(12-13-31)15-19-9-10-20-23(17-6-4-3-5-7-17)29-22-11-8-18(25(26,27)28)14-21(22)24(20)32-19/h3-6,8,11,14,16-17,19-20,23-24,29,31H,7,9-10,12-13,15H2,1-2H3/t17?,19-,20+,23+,24+/m1/s1. The summed E-state index contributed by atoms with van der Waals surface area (Å²) in [4.78, 5) is 2.17. The second-order valence-electron chi connectivity index (χ2n) is 9.41. The normalized spacial score (nSPS) is 29.7. The maximum absolute atomic E-state index is 13.5. The topological polar surface area (TPSA) is 44.7 Å². The number of hydrogen-bond donors (Lipinski definition) is 2. The van der Waals surface area contributed by atoms with Crippen LogP contribution in [0.1, 0.15) is 50.3 Å². The summed E-state index contributed by atoms with van der Waals surface area (Å²) in [7, 11) is 0. The number of anilines is 1. The highest BCUT2D eigenvalue weighted by Gasteiger charge is 2.45. The Balaban J connectivity index is 1.63. The van der Waals surface area contributed by atoms with E-state index in [9.17, 15) is 18.3 Å². The Morgan fingerprint density at radius 1 is 1.22 bits per heavy atom. The van der Waals surface area contributed by atoms with Crippen LogP contribution in [0.15, 0.2) is 42.5 Å². The van der Waals surface area contributed by atoms with Crippen molar-refractivity contribution in [2.75, 3.05) is 25.0 Å². The van der Waals surface area contributed by atoms with Gasteiger partial charge >= 0.3 is 6.18 Å². The van der Waals surface area contributed by atoms with Crippen LogP contribution >= 0.6 is 0 Å². The van der Waals surface area contributed by atoms with Crippen molar-refractivity contribution in [2.45, 2.75) is 63.6 Å². The summed E-state index contributed by atoms with van der Waals surface area (Å²) in [6.45, 7) is 5.46. The van der Waals surface area contributed by atoms with Crippen LogP contribution < -0.4 is 5.32 Å². The molecule has 1 unspecified atom stereocenters. The summed E-state index contributed by atoms with van der Waals surface area (Å²) in [6, 6.07) is 4.35. The van der Waals surface area contributed by atoms with Gasteiger partial charge in [-0.3, -0.25) is 4.90 Å². The summed E-state index contributed by atoms with van der Waals surface area (Å²) in [5.41, 5.74) is 0.717. The maximum Gasteiger partial charge on any atom is 0.416 e. The highest BCUT2D eigenvalue weighted by Crippen LogP contribution is 2.49. The first-order valence-corrected chi connectivity index (χ1v) is 11.6. The number of aliphatic hydroxyl groups is 1. The quantitative estimate of drug-likeness (QED) is 0.628. The van der Waals surface area contributed by atoms with Crippen molar-refractivity contribution in [1.29, 1.82) is 0 Å². The van der Waals surface area contributed by atoms with Crippen molar-refractivity contribution in [3.8, 4) is 0 Å². The number of rotatable bonds is 6. The summed E-state index contributed by atoms with van der Waals surface area (Å²) in [6.07, 6.45) is 6.24. The van der Waals surface area contributed by atoms with Gasteiger partial charge in [-0.25, -0.2) is 0 Å². The van der Waals surface area contributed by atoms with E-state index in [2.05, 4.69) is 42.3 Å². The molecule has 2 heterocycles. The van der Waals surface area contributed by atoms with Crippen molar-refractivity contribution in [3.63, 3.8) is 0 Å². The Morgan fingerprint density at radius 2 is 2.03 bits per heavy atom. The molecule has 0 saturated carbocycles. The Hall–Kier alpha value is -1.83. The van der Waals surface area contributed by atoms with E-state index in [1.165, 1.54) is 6.07 Å². The average Bonchev–Trinajstić information content (AvgIpc) is 2.77. The molecule has 1 saturated heterocycles. The van der Waals surface area contributed by atoms with Crippen LogP contribution in [0, 0.1) is 11.8 Å². The molecule has 0 radical (unpaired) electrons. The smallest absolute Gasteiger partial charge is 0.395 e. The van der Waals surface area contributed by atoms with Crippen molar-refractivity contribution < 1.29 is 23.0 Å². The van der Waals surface area contributed by atoms with Crippen molar-refractivity contribution in [1.82, 2.24) is 4.90 Å². The lowest BCUT2D eigenvalue weighted by molar-refractivity contribution is -0.138. The maximum atomic E-state index is 13.5. The number of aliphatic hydroxyl groups excluding tert-OH is 1. The van der Waals surface area contributed by atoms with Gasteiger partial charge in [-0.1, -0.05) is 24.3 Å². The van der Waals surface area contributed by atoms with E-state index >= 15 is 0 Å².